The Morgan fingerprint density at radius 1 is 0.931 bits per heavy atom. The minimum atomic E-state index is -0.368. The topological polar surface area (TPSA) is 60.9 Å². The second-order valence-electron chi connectivity index (χ2n) is 7.32. The molecule has 0 atom stereocenters. The molecule has 0 unspecified atom stereocenters. The van der Waals surface area contributed by atoms with E-state index in [1.807, 2.05) is 23.1 Å². The van der Waals surface area contributed by atoms with Crippen LogP contribution >= 0.6 is 0 Å². The summed E-state index contributed by atoms with van der Waals surface area (Å²) in [5.41, 5.74) is 2.35. The average molecular weight is 389 g/mol. The number of carbonyl (C=O) groups is 3. The second kappa shape index (κ2) is 8.01. The summed E-state index contributed by atoms with van der Waals surface area (Å²) in [5.74, 6) is -0.805. The number of imide groups is 1. The summed E-state index contributed by atoms with van der Waals surface area (Å²) < 4.78 is 0. The molecular formula is C23H23N3O3. The lowest BCUT2D eigenvalue weighted by atomic mass is 10.0. The molecular weight excluding hydrogens is 366 g/mol. The van der Waals surface area contributed by atoms with Gasteiger partial charge in [-0.3, -0.25) is 24.2 Å². The van der Waals surface area contributed by atoms with E-state index in [-0.39, 0.29) is 24.3 Å². The number of hydrogen-bond acceptors (Lipinski definition) is 4. The van der Waals surface area contributed by atoms with Crippen LogP contribution < -0.4 is 0 Å². The first-order chi connectivity index (χ1) is 14.1. The van der Waals surface area contributed by atoms with E-state index >= 15 is 0 Å². The Balaban J connectivity index is 1.42. The van der Waals surface area contributed by atoms with Crippen molar-refractivity contribution in [1.82, 2.24) is 14.7 Å². The minimum Gasteiger partial charge on any atom is -0.336 e. The molecule has 2 aliphatic heterocycles. The fourth-order valence-electron chi connectivity index (χ4n) is 3.85. The highest BCUT2D eigenvalue weighted by molar-refractivity contribution is 6.22. The van der Waals surface area contributed by atoms with Gasteiger partial charge >= 0.3 is 0 Å². The highest BCUT2D eigenvalue weighted by atomic mass is 16.2. The average Bonchev–Trinajstić information content (AvgIpc) is 2.99. The molecule has 0 radical (unpaired) electrons. The monoisotopic (exact) mass is 389 g/mol. The van der Waals surface area contributed by atoms with Crippen LogP contribution in [0.2, 0.25) is 0 Å². The summed E-state index contributed by atoms with van der Waals surface area (Å²) in [5, 5.41) is 0. The Morgan fingerprint density at radius 2 is 1.62 bits per heavy atom. The summed E-state index contributed by atoms with van der Waals surface area (Å²) in [7, 11) is 0. The molecule has 1 fully saturated rings. The van der Waals surface area contributed by atoms with Gasteiger partial charge in [-0.25, -0.2) is 0 Å². The van der Waals surface area contributed by atoms with Crippen molar-refractivity contribution in [1.29, 1.82) is 0 Å². The van der Waals surface area contributed by atoms with Crippen LogP contribution in [0.4, 0.5) is 0 Å². The number of rotatable bonds is 5. The Bertz CT molecular complexity index is 963. The number of carbonyl (C=O) groups excluding carboxylic acids is 3. The Labute approximate surface area is 170 Å². The normalized spacial score (nSPS) is 16.8. The smallest absolute Gasteiger partial charge is 0.261 e. The van der Waals surface area contributed by atoms with Gasteiger partial charge in [-0.1, -0.05) is 36.4 Å². The molecule has 2 aromatic carbocycles. The Morgan fingerprint density at radius 3 is 2.31 bits per heavy atom. The van der Waals surface area contributed by atoms with Gasteiger partial charge in [-0.05, 0) is 23.8 Å². The Hall–Kier alpha value is -3.25. The van der Waals surface area contributed by atoms with E-state index in [1.54, 1.807) is 18.2 Å². The van der Waals surface area contributed by atoms with Crippen molar-refractivity contribution < 1.29 is 14.4 Å². The summed E-state index contributed by atoms with van der Waals surface area (Å²) in [6.07, 6.45) is 1.52. The number of nitrogens with zero attached hydrogens (tertiary/aromatic N) is 3. The van der Waals surface area contributed by atoms with Crippen molar-refractivity contribution >= 4 is 17.7 Å². The first-order valence-corrected chi connectivity index (χ1v) is 9.75. The molecule has 0 saturated carbocycles. The lowest BCUT2D eigenvalue weighted by molar-refractivity contribution is 0.0627. The minimum absolute atomic E-state index is 0.102. The van der Waals surface area contributed by atoms with Gasteiger partial charge < -0.3 is 4.90 Å². The molecule has 1 saturated heterocycles. The van der Waals surface area contributed by atoms with E-state index in [0.717, 1.165) is 24.5 Å². The van der Waals surface area contributed by atoms with Crippen LogP contribution in [0.5, 0.6) is 0 Å². The van der Waals surface area contributed by atoms with Gasteiger partial charge in [-0.2, -0.15) is 0 Å². The van der Waals surface area contributed by atoms with Crippen LogP contribution in [0.1, 0.15) is 36.6 Å². The SMILES string of the molecule is C=CCN1C(=O)c2ccc(C(=O)N3CCN(Cc4ccccc4)CC3)cc2C1=O. The fraction of sp³-hybridized carbons (Fsp3) is 0.261. The van der Waals surface area contributed by atoms with Crippen molar-refractivity contribution in [3.05, 3.63) is 83.4 Å². The molecule has 0 aliphatic carbocycles. The highest BCUT2D eigenvalue weighted by Gasteiger charge is 2.35. The van der Waals surface area contributed by atoms with Crippen molar-refractivity contribution in [2.75, 3.05) is 32.7 Å². The standard InChI is InChI=1S/C23H23N3O3/c1-2-10-26-22(28)19-9-8-18(15-20(19)23(26)29)21(27)25-13-11-24(12-14-25)16-17-6-4-3-5-7-17/h2-9,15H,1,10-14,16H2. The van der Waals surface area contributed by atoms with E-state index in [1.165, 1.54) is 11.6 Å². The van der Waals surface area contributed by atoms with Crippen molar-refractivity contribution in [3.8, 4) is 0 Å². The fourth-order valence-corrected chi connectivity index (χ4v) is 3.85. The molecule has 4 rings (SSSR count). The highest BCUT2D eigenvalue weighted by Crippen LogP contribution is 2.24. The maximum atomic E-state index is 12.9. The number of piperazine rings is 1. The van der Waals surface area contributed by atoms with Gasteiger partial charge in [0.25, 0.3) is 17.7 Å². The number of benzene rings is 2. The van der Waals surface area contributed by atoms with Gasteiger partial charge in [0.1, 0.15) is 0 Å². The van der Waals surface area contributed by atoms with E-state index in [9.17, 15) is 14.4 Å². The van der Waals surface area contributed by atoms with Crippen molar-refractivity contribution in [2.45, 2.75) is 6.54 Å². The zero-order valence-electron chi connectivity index (χ0n) is 16.2. The predicted octanol–water partition coefficient (Wildman–Crippen LogP) is 2.43. The molecule has 6 heteroatoms. The van der Waals surface area contributed by atoms with Crippen LogP contribution in [0.3, 0.4) is 0 Å². The zero-order chi connectivity index (χ0) is 20.4. The molecule has 29 heavy (non-hydrogen) atoms. The van der Waals surface area contributed by atoms with E-state index in [0.29, 0.717) is 29.8 Å². The van der Waals surface area contributed by atoms with E-state index in [4.69, 9.17) is 0 Å². The predicted molar refractivity (Wildman–Crippen MR) is 110 cm³/mol. The summed E-state index contributed by atoms with van der Waals surface area (Å²) in [4.78, 5) is 43.0. The van der Waals surface area contributed by atoms with E-state index in [2.05, 4.69) is 23.6 Å². The quantitative estimate of drug-likeness (QED) is 0.582. The van der Waals surface area contributed by atoms with E-state index < -0.39 is 0 Å². The maximum absolute atomic E-state index is 12.9. The molecule has 0 spiro atoms. The summed E-state index contributed by atoms with van der Waals surface area (Å²) in [6.45, 7) is 7.50. The first kappa shape index (κ1) is 19.1. The third-order valence-electron chi connectivity index (χ3n) is 5.44. The van der Waals surface area contributed by atoms with Crippen molar-refractivity contribution in [3.63, 3.8) is 0 Å². The molecule has 6 nitrogen and oxygen atoms in total. The molecule has 2 aliphatic rings. The van der Waals surface area contributed by atoms with Gasteiger partial charge in [0, 0.05) is 44.8 Å². The van der Waals surface area contributed by atoms with Gasteiger partial charge in [0.2, 0.25) is 0 Å². The number of hydrogen-bond donors (Lipinski definition) is 0. The lowest BCUT2D eigenvalue weighted by Crippen LogP contribution is -2.48. The summed E-state index contributed by atoms with van der Waals surface area (Å²) in [6, 6.07) is 15.1. The molecule has 0 bridgehead atoms. The van der Waals surface area contributed by atoms with Gasteiger partial charge in [-0.15, -0.1) is 6.58 Å². The molecule has 148 valence electrons. The molecule has 2 heterocycles. The lowest BCUT2D eigenvalue weighted by Gasteiger charge is -2.34. The molecule has 2 aromatic rings. The first-order valence-electron chi connectivity index (χ1n) is 9.75. The van der Waals surface area contributed by atoms with Crippen LogP contribution in [0, 0.1) is 0 Å². The second-order valence-corrected chi connectivity index (χ2v) is 7.32. The number of amides is 3. The van der Waals surface area contributed by atoms with Gasteiger partial charge in [0.15, 0.2) is 0 Å². The third-order valence-corrected chi connectivity index (χ3v) is 5.44. The maximum Gasteiger partial charge on any atom is 0.261 e. The van der Waals surface area contributed by atoms with Crippen LogP contribution in [0.25, 0.3) is 0 Å². The largest absolute Gasteiger partial charge is 0.336 e. The molecule has 0 aromatic heterocycles. The van der Waals surface area contributed by atoms with Gasteiger partial charge in [0.05, 0.1) is 11.1 Å². The van der Waals surface area contributed by atoms with Crippen LogP contribution in [0.15, 0.2) is 61.2 Å². The van der Waals surface area contributed by atoms with Crippen LogP contribution in [-0.4, -0.2) is 65.1 Å². The zero-order valence-corrected chi connectivity index (χ0v) is 16.2. The Kier molecular flexibility index (Phi) is 5.27. The summed E-state index contributed by atoms with van der Waals surface area (Å²) >= 11 is 0. The van der Waals surface area contributed by atoms with Crippen molar-refractivity contribution in [2.24, 2.45) is 0 Å². The molecule has 0 N–H and O–H groups in total. The third kappa shape index (κ3) is 3.71. The molecule has 3 amide bonds. The van der Waals surface area contributed by atoms with Crippen LogP contribution in [-0.2, 0) is 6.54 Å². The number of fused-ring (bicyclic) bond motifs is 1.